The summed E-state index contributed by atoms with van der Waals surface area (Å²) in [4.78, 5) is 0.443. The summed E-state index contributed by atoms with van der Waals surface area (Å²) in [6, 6.07) is 3.72. The second kappa shape index (κ2) is 5.74. The molecule has 1 unspecified atom stereocenters. The average Bonchev–Trinajstić information content (AvgIpc) is 2.86. The highest BCUT2D eigenvalue weighted by atomic mass is 32.2. The van der Waals surface area contributed by atoms with E-state index in [4.69, 9.17) is 4.74 Å². The van der Waals surface area contributed by atoms with Crippen molar-refractivity contribution in [3.05, 3.63) is 23.3 Å². The Hall–Kier alpha value is -1.07. The number of methoxy groups -OCH3 is 1. The molecule has 1 aromatic carbocycles. The molecule has 5 heteroatoms. The van der Waals surface area contributed by atoms with E-state index in [2.05, 4.69) is 0 Å². The van der Waals surface area contributed by atoms with Crippen LogP contribution in [0.2, 0.25) is 0 Å². The second-order valence-electron chi connectivity index (χ2n) is 5.41. The average molecular weight is 297 g/mol. The van der Waals surface area contributed by atoms with Gasteiger partial charge in [-0.15, -0.1) is 0 Å². The Bertz CT molecular complexity index is 572. The molecule has 0 spiro atoms. The number of hydrogen-bond donors (Lipinski definition) is 0. The molecular weight excluding hydrogens is 274 g/mol. The molecule has 0 bridgehead atoms. The van der Waals surface area contributed by atoms with Crippen molar-refractivity contribution in [3.63, 3.8) is 0 Å². The van der Waals surface area contributed by atoms with Gasteiger partial charge in [-0.2, -0.15) is 4.31 Å². The van der Waals surface area contributed by atoms with Crippen LogP contribution in [0, 0.1) is 13.8 Å². The molecule has 0 aliphatic carbocycles. The van der Waals surface area contributed by atoms with Crippen molar-refractivity contribution in [1.82, 2.24) is 4.31 Å². The molecule has 0 aromatic heterocycles. The van der Waals surface area contributed by atoms with Crippen molar-refractivity contribution in [2.24, 2.45) is 0 Å². The molecule has 20 heavy (non-hydrogen) atoms. The lowest BCUT2D eigenvalue weighted by atomic mass is 10.1. The van der Waals surface area contributed by atoms with Crippen LogP contribution in [0.3, 0.4) is 0 Å². The molecule has 1 aliphatic heterocycles. The van der Waals surface area contributed by atoms with E-state index in [9.17, 15) is 8.42 Å². The highest BCUT2D eigenvalue weighted by Gasteiger charge is 2.35. The smallest absolute Gasteiger partial charge is 0.243 e. The Kier molecular flexibility index (Phi) is 4.39. The Morgan fingerprint density at radius 2 is 1.90 bits per heavy atom. The summed E-state index contributed by atoms with van der Waals surface area (Å²) in [5.74, 6) is 0.701. The molecule has 0 N–H and O–H groups in total. The summed E-state index contributed by atoms with van der Waals surface area (Å²) in [7, 11) is -1.82. The van der Waals surface area contributed by atoms with E-state index >= 15 is 0 Å². The molecule has 1 heterocycles. The number of benzene rings is 1. The molecular formula is C15H23NO3S. The van der Waals surface area contributed by atoms with Crippen LogP contribution in [0.4, 0.5) is 0 Å². The van der Waals surface area contributed by atoms with E-state index in [0.29, 0.717) is 17.2 Å². The predicted octanol–water partition coefficient (Wildman–Crippen LogP) is 2.88. The number of hydrogen-bond acceptors (Lipinski definition) is 3. The van der Waals surface area contributed by atoms with Crippen molar-refractivity contribution in [3.8, 4) is 5.75 Å². The molecule has 2 rings (SSSR count). The predicted molar refractivity (Wildman–Crippen MR) is 79.7 cm³/mol. The first kappa shape index (κ1) is 15.3. The monoisotopic (exact) mass is 297 g/mol. The zero-order valence-corrected chi connectivity index (χ0v) is 13.5. The van der Waals surface area contributed by atoms with Gasteiger partial charge >= 0.3 is 0 Å². The number of nitrogens with zero attached hydrogens (tertiary/aromatic N) is 1. The fraction of sp³-hybridized carbons (Fsp3) is 0.600. The lowest BCUT2D eigenvalue weighted by Crippen LogP contribution is -2.35. The van der Waals surface area contributed by atoms with E-state index in [1.165, 1.54) is 0 Å². The van der Waals surface area contributed by atoms with Crippen LogP contribution in [0.1, 0.15) is 37.3 Å². The van der Waals surface area contributed by atoms with E-state index in [0.717, 1.165) is 30.4 Å². The lowest BCUT2D eigenvalue weighted by molar-refractivity contribution is 0.379. The van der Waals surface area contributed by atoms with Crippen molar-refractivity contribution in [2.45, 2.75) is 51.0 Å². The summed E-state index contributed by atoms with van der Waals surface area (Å²) in [5.41, 5.74) is 1.51. The van der Waals surface area contributed by atoms with E-state index in [1.54, 1.807) is 23.5 Å². The SMILES string of the molecule is CCC1CCCN1S(=O)(=O)c1c(C)cc(OC)cc1C. The van der Waals surface area contributed by atoms with Gasteiger partial charge in [0.25, 0.3) is 0 Å². The van der Waals surface area contributed by atoms with Crippen LogP contribution in [-0.2, 0) is 10.0 Å². The van der Waals surface area contributed by atoms with Crippen LogP contribution < -0.4 is 4.74 Å². The number of rotatable bonds is 4. The fourth-order valence-corrected chi connectivity index (χ4v) is 5.27. The molecule has 1 fully saturated rings. The molecule has 112 valence electrons. The van der Waals surface area contributed by atoms with E-state index < -0.39 is 10.0 Å². The van der Waals surface area contributed by atoms with Crippen molar-refractivity contribution >= 4 is 10.0 Å². The third-order valence-corrected chi connectivity index (χ3v) is 6.29. The van der Waals surface area contributed by atoms with Crippen LogP contribution in [0.5, 0.6) is 5.75 Å². The van der Waals surface area contributed by atoms with E-state index in [-0.39, 0.29) is 6.04 Å². The van der Waals surface area contributed by atoms with Gasteiger partial charge in [-0.25, -0.2) is 8.42 Å². The molecule has 1 aliphatic rings. The fourth-order valence-electron chi connectivity index (χ4n) is 3.09. The Morgan fingerprint density at radius 3 is 2.40 bits per heavy atom. The molecule has 1 atom stereocenters. The first-order valence-corrected chi connectivity index (χ1v) is 8.53. The van der Waals surface area contributed by atoms with Gasteiger partial charge in [0.2, 0.25) is 10.0 Å². The molecule has 0 radical (unpaired) electrons. The summed E-state index contributed by atoms with van der Waals surface area (Å²) in [6.45, 7) is 6.34. The van der Waals surface area contributed by atoms with Gasteiger partial charge < -0.3 is 4.74 Å². The van der Waals surface area contributed by atoms with E-state index in [1.807, 2.05) is 20.8 Å². The molecule has 0 saturated carbocycles. The maximum absolute atomic E-state index is 12.9. The summed E-state index contributed by atoms with van der Waals surface area (Å²) < 4.78 is 32.7. The van der Waals surface area contributed by atoms with Crippen molar-refractivity contribution in [1.29, 1.82) is 0 Å². The summed E-state index contributed by atoms with van der Waals surface area (Å²) in [6.07, 6.45) is 2.78. The molecule has 1 aromatic rings. The van der Waals surface area contributed by atoms with Gasteiger partial charge in [0.15, 0.2) is 0 Å². The minimum atomic E-state index is -3.41. The Labute approximate surface area is 121 Å². The van der Waals surface area contributed by atoms with Gasteiger partial charge in [-0.3, -0.25) is 0 Å². The topological polar surface area (TPSA) is 46.6 Å². The highest BCUT2D eigenvalue weighted by Crippen LogP contribution is 2.32. The van der Waals surface area contributed by atoms with Crippen molar-refractivity contribution < 1.29 is 13.2 Å². The van der Waals surface area contributed by atoms with Crippen LogP contribution in [0.25, 0.3) is 0 Å². The van der Waals surface area contributed by atoms with Gasteiger partial charge in [0, 0.05) is 12.6 Å². The Balaban J connectivity index is 2.50. The van der Waals surface area contributed by atoms with Crippen LogP contribution in [-0.4, -0.2) is 32.4 Å². The summed E-state index contributed by atoms with van der Waals surface area (Å²) in [5, 5.41) is 0. The van der Waals surface area contributed by atoms with Gasteiger partial charge in [0.05, 0.1) is 12.0 Å². The maximum Gasteiger partial charge on any atom is 0.243 e. The first-order chi connectivity index (χ1) is 9.41. The van der Waals surface area contributed by atoms with Crippen LogP contribution >= 0.6 is 0 Å². The normalized spacial score (nSPS) is 20.3. The zero-order chi connectivity index (χ0) is 14.9. The summed E-state index contributed by atoms with van der Waals surface area (Å²) >= 11 is 0. The molecule has 1 saturated heterocycles. The minimum absolute atomic E-state index is 0.140. The van der Waals surface area contributed by atoms with Gasteiger partial charge in [0.1, 0.15) is 5.75 Å². The Morgan fingerprint density at radius 1 is 1.30 bits per heavy atom. The zero-order valence-electron chi connectivity index (χ0n) is 12.6. The number of ether oxygens (including phenoxy) is 1. The standard InChI is InChI=1S/C15H23NO3S/c1-5-13-7-6-8-16(13)20(17,18)15-11(2)9-14(19-4)10-12(15)3/h9-10,13H,5-8H2,1-4H3. The number of sulfonamides is 1. The largest absolute Gasteiger partial charge is 0.497 e. The minimum Gasteiger partial charge on any atom is -0.497 e. The molecule has 4 nitrogen and oxygen atoms in total. The molecule has 0 amide bonds. The van der Waals surface area contributed by atoms with Crippen LogP contribution in [0.15, 0.2) is 17.0 Å². The maximum atomic E-state index is 12.9. The second-order valence-corrected chi connectivity index (χ2v) is 7.24. The first-order valence-electron chi connectivity index (χ1n) is 7.09. The quantitative estimate of drug-likeness (QED) is 0.858. The third kappa shape index (κ3) is 2.56. The number of aryl methyl sites for hydroxylation is 2. The third-order valence-electron chi connectivity index (χ3n) is 4.03. The van der Waals surface area contributed by atoms with Gasteiger partial charge in [-0.1, -0.05) is 6.92 Å². The van der Waals surface area contributed by atoms with Gasteiger partial charge in [-0.05, 0) is 56.4 Å². The highest BCUT2D eigenvalue weighted by molar-refractivity contribution is 7.89. The van der Waals surface area contributed by atoms with Crippen molar-refractivity contribution in [2.75, 3.05) is 13.7 Å². The lowest BCUT2D eigenvalue weighted by Gasteiger charge is -2.25.